The predicted octanol–water partition coefficient (Wildman–Crippen LogP) is -0.302. The molecule has 0 atom stereocenters. The van der Waals surface area contributed by atoms with Gasteiger partial charge in [-0.2, -0.15) is 0 Å². The van der Waals surface area contributed by atoms with Gasteiger partial charge < -0.3 is 20.7 Å². The van der Waals surface area contributed by atoms with Crippen molar-refractivity contribution < 1.29 is 14.3 Å². The monoisotopic (exact) mass is 290 g/mol. The summed E-state index contributed by atoms with van der Waals surface area (Å²) in [4.78, 5) is 24.3. The van der Waals surface area contributed by atoms with Gasteiger partial charge in [-0.1, -0.05) is 12.1 Å². The molecule has 2 amide bonds. The van der Waals surface area contributed by atoms with E-state index >= 15 is 0 Å². The lowest BCUT2D eigenvalue weighted by Crippen LogP contribution is -2.52. The fourth-order valence-corrected chi connectivity index (χ4v) is 2.09. The zero-order valence-electron chi connectivity index (χ0n) is 11.6. The second-order valence-corrected chi connectivity index (χ2v) is 4.66. The number of rotatable bonds is 6. The molecule has 0 unspecified atom stereocenters. The van der Waals surface area contributed by atoms with Crippen LogP contribution in [0.1, 0.15) is 12.0 Å². The summed E-state index contributed by atoms with van der Waals surface area (Å²) in [6, 6.07) is 7.06. The normalized spacial score (nSPS) is 14.8. The molecule has 1 aliphatic rings. The van der Waals surface area contributed by atoms with Crippen molar-refractivity contribution in [2.75, 3.05) is 26.2 Å². The number of amides is 2. The van der Waals surface area contributed by atoms with E-state index in [2.05, 4.69) is 5.32 Å². The second-order valence-electron chi connectivity index (χ2n) is 4.66. The molecular formula is C14H18N4O3. The minimum Gasteiger partial charge on any atom is -0.493 e. The molecular weight excluding hydrogens is 272 g/mol. The third kappa shape index (κ3) is 3.71. The van der Waals surface area contributed by atoms with Gasteiger partial charge in [0.25, 0.3) is 0 Å². The van der Waals surface area contributed by atoms with Crippen molar-refractivity contribution in [2.45, 2.75) is 6.42 Å². The van der Waals surface area contributed by atoms with E-state index in [0.29, 0.717) is 44.0 Å². The first-order valence-electron chi connectivity index (χ1n) is 6.73. The Bertz CT molecular complexity index is 559. The molecule has 0 spiro atoms. The number of carbonyl (C=O) groups is 2. The summed E-state index contributed by atoms with van der Waals surface area (Å²) in [5.41, 5.74) is 6.02. The van der Waals surface area contributed by atoms with Crippen LogP contribution in [-0.2, 0) is 9.59 Å². The summed E-state index contributed by atoms with van der Waals surface area (Å²) >= 11 is 0. The van der Waals surface area contributed by atoms with Crippen LogP contribution in [0.3, 0.4) is 0 Å². The highest BCUT2D eigenvalue weighted by Crippen LogP contribution is 2.17. The SMILES string of the molecule is N=C(N)c1ccccc1OCCCN1CCNC(=O)C1=O. The van der Waals surface area contributed by atoms with E-state index in [1.54, 1.807) is 24.3 Å². The molecule has 2 rings (SSSR count). The minimum absolute atomic E-state index is 0.0477. The molecule has 0 saturated carbocycles. The summed E-state index contributed by atoms with van der Waals surface area (Å²) in [5, 5.41) is 9.97. The third-order valence-electron chi connectivity index (χ3n) is 3.16. The van der Waals surface area contributed by atoms with Gasteiger partial charge in [-0.05, 0) is 18.6 Å². The summed E-state index contributed by atoms with van der Waals surface area (Å²) in [6.07, 6.45) is 0.602. The molecule has 0 aliphatic carbocycles. The van der Waals surface area contributed by atoms with E-state index in [4.69, 9.17) is 15.9 Å². The van der Waals surface area contributed by atoms with Crippen LogP contribution in [0.15, 0.2) is 24.3 Å². The fourth-order valence-electron chi connectivity index (χ4n) is 2.09. The minimum atomic E-state index is -0.552. The number of ether oxygens (including phenoxy) is 1. The van der Waals surface area contributed by atoms with Crippen molar-refractivity contribution in [3.05, 3.63) is 29.8 Å². The van der Waals surface area contributed by atoms with Crippen LogP contribution >= 0.6 is 0 Å². The molecule has 1 aromatic carbocycles. The highest BCUT2D eigenvalue weighted by atomic mass is 16.5. The number of nitrogens with one attached hydrogen (secondary N) is 2. The first-order chi connectivity index (χ1) is 10.1. The fraction of sp³-hybridized carbons (Fsp3) is 0.357. The smallest absolute Gasteiger partial charge is 0.311 e. The molecule has 1 aliphatic heterocycles. The molecule has 1 heterocycles. The van der Waals surface area contributed by atoms with E-state index in [0.717, 1.165) is 0 Å². The first kappa shape index (κ1) is 14.8. The Morgan fingerprint density at radius 1 is 1.38 bits per heavy atom. The van der Waals surface area contributed by atoms with E-state index in [1.807, 2.05) is 0 Å². The maximum absolute atomic E-state index is 11.6. The Balaban J connectivity index is 1.81. The highest BCUT2D eigenvalue weighted by molar-refractivity contribution is 6.35. The molecule has 7 heteroatoms. The summed E-state index contributed by atoms with van der Waals surface area (Å²) in [7, 11) is 0. The average molecular weight is 290 g/mol. The van der Waals surface area contributed by atoms with Crippen molar-refractivity contribution in [2.24, 2.45) is 5.73 Å². The van der Waals surface area contributed by atoms with Crippen LogP contribution in [-0.4, -0.2) is 48.8 Å². The number of para-hydroxylation sites is 1. The maximum atomic E-state index is 11.6. The van der Waals surface area contributed by atoms with Crippen LogP contribution in [0, 0.1) is 5.41 Å². The van der Waals surface area contributed by atoms with Crippen LogP contribution < -0.4 is 15.8 Å². The van der Waals surface area contributed by atoms with E-state index in [1.165, 1.54) is 4.90 Å². The number of nitrogens with zero attached hydrogens (tertiary/aromatic N) is 1. The number of nitrogen functional groups attached to an aromatic ring is 1. The van der Waals surface area contributed by atoms with E-state index < -0.39 is 11.8 Å². The zero-order valence-corrected chi connectivity index (χ0v) is 11.6. The number of hydrogen-bond acceptors (Lipinski definition) is 4. The molecule has 1 aromatic rings. The number of nitrogens with two attached hydrogens (primary N) is 1. The van der Waals surface area contributed by atoms with Gasteiger partial charge in [-0.25, -0.2) is 0 Å². The Morgan fingerprint density at radius 3 is 2.90 bits per heavy atom. The second kappa shape index (κ2) is 6.74. The topological polar surface area (TPSA) is 109 Å². The van der Waals surface area contributed by atoms with Gasteiger partial charge in [-0.15, -0.1) is 0 Å². The summed E-state index contributed by atoms with van der Waals surface area (Å²) in [5.74, 6) is -0.546. The van der Waals surface area contributed by atoms with Crippen molar-refractivity contribution in [1.29, 1.82) is 5.41 Å². The molecule has 0 bridgehead atoms. The molecule has 21 heavy (non-hydrogen) atoms. The van der Waals surface area contributed by atoms with E-state index in [9.17, 15) is 9.59 Å². The standard InChI is InChI=1S/C14H18N4O3/c15-12(16)10-4-1-2-5-11(10)21-9-3-7-18-8-6-17-13(19)14(18)20/h1-2,4-5H,3,6-9H2,(H3,15,16)(H,17,19). The van der Waals surface area contributed by atoms with Crippen LogP contribution in [0.2, 0.25) is 0 Å². The number of hydrogen-bond donors (Lipinski definition) is 3. The molecule has 4 N–H and O–H groups in total. The number of piperazine rings is 1. The van der Waals surface area contributed by atoms with Gasteiger partial charge in [0, 0.05) is 19.6 Å². The molecule has 112 valence electrons. The van der Waals surface area contributed by atoms with Crippen LogP contribution in [0.25, 0.3) is 0 Å². The lowest BCUT2D eigenvalue weighted by molar-refractivity contribution is -0.148. The lowest BCUT2D eigenvalue weighted by Gasteiger charge is -2.26. The molecule has 0 radical (unpaired) electrons. The Hall–Kier alpha value is -2.57. The Kier molecular flexibility index (Phi) is 4.76. The van der Waals surface area contributed by atoms with Crippen molar-refractivity contribution in [3.8, 4) is 5.75 Å². The van der Waals surface area contributed by atoms with E-state index in [-0.39, 0.29) is 5.84 Å². The van der Waals surface area contributed by atoms with Gasteiger partial charge in [-0.3, -0.25) is 15.0 Å². The van der Waals surface area contributed by atoms with Gasteiger partial charge in [0.15, 0.2) is 0 Å². The predicted molar refractivity (Wildman–Crippen MR) is 77.2 cm³/mol. The summed E-state index contributed by atoms with van der Waals surface area (Å²) in [6.45, 7) is 1.86. The highest BCUT2D eigenvalue weighted by Gasteiger charge is 2.25. The molecule has 7 nitrogen and oxygen atoms in total. The number of benzene rings is 1. The zero-order chi connectivity index (χ0) is 15.2. The third-order valence-corrected chi connectivity index (χ3v) is 3.16. The number of amidine groups is 1. The van der Waals surface area contributed by atoms with Gasteiger partial charge in [0.2, 0.25) is 0 Å². The van der Waals surface area contributed by atoms with Gasteiger partial charge in [0.1, 0.15) is 11.6 Å². The molecule has 0 aromatic heterocycles. The Labute approximate surface area is 122 Å². The van der Waals surface area contributed by atoms with Crippen molar-refractivity contribution in [1.82, 2.24) is 10.2 Å². The largest absolute Gasteiger partial charge is 0.493 e. The van der Waals surface area contributed by atoms with Crippen LogP contribution in [0.5, 0.6) is 5.75 Å². The summed E-state index contributed by atoms with van der Waals surface area (Å²) < 4.78 is 5.59. The van der Waals surface area contributed by atoms with Crippen molar-refractivity contribution >= 4 is 17.6 Å². The quantitative estimate of drug-likeness (QED) is 0.289. The van der Waals surface area contributed by atoms with Gasteiger partial charge >= 0.3 is 11.8 Å². The van der Waals surface area contributed by atoms with Crippen molar-refractivity contribution in [3.63, 3.8) is 0 Å². The molecule has 1 saturated heterocycles. The van der Waals surface area contributed by atoms with Gasteiger partial charge in [0.05, 0.1) is 12.2 Å². The number of carbonyl (C=O) groups excluding carboxylic acids is 2. The van der Waals surface area contributed by atoms with Crippen LogP contribution in [0.4, 0.5) is 0 Å². The first-order valence-corrected chi connectivity index (χ1v) is 6.73. The lowest BCUT2D eigenvalue weighted by atomic mass is 10.2. The Morgan fingerprint density at radius 2 is 2.14 bits per heavy atom. The average Bonchev–Trinajstić information content (AvgIpc) is 2.48. The molecule has 1 fully saturated rings. The maximum Gasteiger partial charge on any atom is 0.311 e.